The van der Waals surface area contributed by atoms with Crippen molar-refractivity contribution >= 4 is 56.2 Å². The van der Waals surface area contributed by atoms with E-state index in [2.05, 4.69) is 21.2 Å². The van der Waals surface area contributed by atoms with E-state index in [-0.39, 0.29) is 23.3 Å². The minimum atomic E-state index is -0.241. The maximum atomic E-state index is 12.4. The fraction of sp³-hybridized carbons (Fsp3) is 0.0769. The zero-order chi connectivity index (χ0) is 14.3. The summed E-state index contributed by atoms with van der Waals surface area (Å²) in [5.41, 5.74) is 0.839. The highest BCUT2D eigenvalue weighted by atomic mass is 79.9. The first-order valence-corrected chi connectivity index (χ1v) is 7.59. The average molecular weight is 373 g/mol. The van der Waals surface area contributed by atoms with Crippen LogP contribution in [0.5, 0.6) is 5.75 Å². The van der Waals surface area contributed by atoms with Gasteiger partial charge >= 0.3 is 0 Å². The van der Waals surface area contributed by atoms with Crippen molar-refractivity contribution in [3.05, 3.63) is 43.5 Å². The lowest BCUT2D eigenvalue weighted by Gasteiger charge is -2.19. The second-order valence-corrected chi connectivity index (χ2v) is 6.97. The first kappa shape index (κ1) is 13.6. The summed E-state index contributed by atoms with van der Waals surface area (Å²) in [5, 5.41) is 2.93. The van der Waals surface area contributed by atoms with Crippen molar-refractivity contribution in [2.75, 3.05) is 11.9 Å². The number of amides is 1. The monoisotopic (exact) mass is 371 g/mol. The van der Waals surface area contributed by atoms with Crippen molar-refractivity contribution in [2.45, 2.75) is 0 Å². The van der Waals surface area contributed by atoms with E-state index in [9.17, 15) is 9.59 Å². The van der Waals surface area contributed by atoms with Crippen LogP contribution < -0.4 is 10.1 Å². The Labute approximate surface area is 131 Å². The van der Waals surface area contributed by atoms with Gasteiger partial charge in [-0.3, -0.25) is 9.59 Å². The molecule has 1 N–H and O–H groups in total. The van der Waals surface area contributed by atoms with E-state index in [0.717, 1.165) is 3.79 Å². The highest BCUT2D eigenvalue weighted by Crippen LogP contribution is 2.35. The molecule has 0 fully saturated rings. The summed E-state index contributed by atoms with van der Waals surface area (Å²) >= 11 is 10.8. The summed E-state index contributed by atoms with van der Waals surface area (Å²) in [6.45, 7) is -0.0627. The molecular formula is C13H7BrClNO3S. The van der Waals surface area contributed by atoms with E-state index in [0.29, 0.717) is 21.9 Å². The Bertz CT molecular complexity index is 728. The predicted molar refractivity (Wildman–Crippen MR) is 81.0 cm³/mol. The number of fused-ring (bicyclic) bond motifs is 1. The fourth-order valence-electron chi connectivity index (χ4n) is 1.84. The molecule has 4 nitrogen and oxygen atoms in total. The van der Waals surface area contributed by atoms with E-state index in [1.165, 1.54) is 17.4 Å². The summed E-state index contributed by atoms with van der Waals surface area (Å²) in [6.07, 6.45) is 0. The third-order valence-corrected chi connectivity index (χ3v) is 4.68. The first-order valence-electron chi connectivity index (χ1n) is 5.61. The van der Waals surface area contributed by atoms with E-state index >= 15 is 0 Å². The molecule has 1 aliphatic rings. The number of halogens is 2. The van der Waals surface area contributed by atoms with Crippen molar-refractivity contribution in [2.24, 2.45) is 0 Å². The zero-order valence-electron chi connectivity index (χ0n) is 9.91. The largest absolute Gasteiger partial charge is 0.482 e. The SMILES string of the molecule is O=C1COc2cc(C(=O)c3ccc(Br)s3)c(Cl)cc2N1. The van der Waals surface area contributed by atoms with Gasteiger partial charge in [0.1, 0.15) is 5.75 Å². The Kier molecular flexibility index (Phi) is 3.54. The Balaban J connectivity index is 2.02. The van der Waals surface area contributed by atoms with E-state index in [1.54, 1.807) is 18.2 Å². The molecule has 1 aliphatic heterocycles. The molecule has 0 saturated carbocycles. The normalized spacial score (nSPS) is 13.4. The number of anilines is 1. The molecule has 20 heavy (non-hydrogen) atoms. The highest BCUT2D eigenvalue weighted by Gasteiger charge is 2.22. The van der Waals surface area contributed by atoms with E-state index in [1.807, 2.05) is 0 Å². The Morgan fingerprint density at radius 1 is 1.40 bits per heavy atom. The lowest BCUT2D eigenvalue weighted by molar-refractivity contribution is -0.118. The van der Waals surface area contributed by atoms with Gasteiger partial charge in [-0.15, -0.1) is 11.3 Å². The molecule has 1 aromatic carbocycles. The number of ketones is 1. The van der Waals surface area contributed by atoms with Gasteiger partial charge in [0.05, 0.1) is 19.4 Å². The maximum absolute atomic E-state index is 12.4. The second-order valence-electron chi connectivity index (χ2n) is 4.10. The Morgan fingerprint density at radius 2 is 2.20 bits per heavy atom. The van der Waals surface area contributed by atoms with Gasteiger partial charge in [0, 0.05) is 5.56 Å². The van der Waals surface area contributed by atoms with Crippen LogP contribution in [-0.4, -0.2) is 18.3 Å². The van der Waals surface area contributed by atoms with Gasteiger partial charge in [0.25, 0.3) is 5.91 Å². The lowest BCUT2D eigenvalue weighted by Crippen LogP contribution is -2.25. The van der Waals surface area contributed by atoms with Gasteiger partial charge < -0.3 is 10.1 Å². The zero-order valence-corrected chi connectivity index (χ0v) is 13.1. The molecular weight excluding hydrogens is 366 g/mol. The van der Waals surface area contributed by atoms with Crippen LogP contribution >= 0.6 is 38.9 Å². The molecule has 0 atom stereocenters. The van der Waals surface area contributed by atoms with Crippen LogP contribution in [0.25, 0.3) is 0 Å². The number of nitrogens with one attached hydrogen (secondary N) is 1. The van der Waals surface area contributed by atoms with Gasteiger partial charge in [-0.25, -0.2) is 0 Å². The fourth-order valence-corrected chi connectivity index (χ4v) is 3.43. The molecule has 0 aliphatic carbocycles. The Hall–Kier alpha value is -1.37. The molecule has 2 heterocycles. The number of carbonyl (C=O) groups excluding carboxylic acids is 2. The van der Waals surface area contributed by atoms with Crippen molar-refractivity contribution in [1.82, 2.24) is 0 Å². The molecule has 0 radical (unpaired) electrons. The number of ether oxygens (including phenoxy) is 1. The molecule has 7 heteroatoms. The van der Waals surface area contributed by atoms with Gasteiger partial charge in [0.15, 0.2) is 6.61 Å². The molecule has 1 amide bonds. The summed E-state index contributed by atoms with van der Waals surface area (Å²) in [5.74, 6) is 0.0387. The quantitative estimate of drug-likeness (QED) is 0.817. The van der Waals surface area contributed by atoms with Gasteiger partial charge in [-0.1, -0.05) is 11.6 Å². The van der Waals surface area contributed by atoms with Gasteiger partial charge in [0.2, 0.25) is 5.78 Å². The lowest BCUT2D eigenvalue weighted by atomic mass is 10.1. The first-order chi connectivity index (χ1) is 9.54. The number of hydrogen-bond acceptors (Lipinski definition) is 4. The maximum Gasteiger partial charge on any atom is 0.262 e. The standard InChI is InChI=1S/C13H7BrClNO3S/c14-11-2-1-10(20-11)13(18)6-3-9-8(4-7(6)15)16-12(17)5-19-9/h1-4H,5H2,(H,16,17). The van der Waals surface area contributed by atoms with Gasteiger partial charge in [-0.05, 0) is 40.2 Å². The van der Waals surface area contributed by atoms with Gasteiger partial charge in [-0.2, -0.15) is 0 Å². The number of rotatable bonds is 2. The van der Waals surface area contributed by atoms with Crippen LogP contribution in [0, 0.1) is 0 Å². The van der Waals surface area contributed by atoms with E-state index < -0.39 is 0 Å². The van der Waals surface area contributed by atoms with Crippen molar-refractivity contribution in [3.8, 4) is 5.75 Å². The van der Waals surface area contributed by atoms with Crippen LogP contribution in [0.4, 0.5) is 5.69 Å². The second kappa shape index (κ2) is 5.20. The molecule has 102 valence electrons. The topological polar surface area (TPSA) is 55.4 Å². The third kappa shape index (κ3) is 2.46. The number of carbonyl (C=O) groups is 2. The third-order valence-electron chi connectivity index (χ3n) is 2.74. The van der Waals surface area contributed by atoms with Crippen molar-refractivity contribution in [3.63, 3.8) is 0 Å². The molecule has 0 spiro atoms. The number of thiophene rings is 1. The van der Waals surface area contributed by atoms with Crippen LogP contribution in [0.3, 0.4) is 0 Å². The Morgan fingerprint density at radius 3 is 2.90 bits per heavy atom. The summed E-state index contributed by atoms with van der Waals surface area (Å²) in [7, 11) is 0. The smallest absolute Gasteiger partial charge is 0.262 e. The van der Waals surface area contributed by atoms with Crippen molar-refractivity contribution < 1.29 is 14.3 Å². The molecule has 3 rings (SSSR count). The molecule has 0 bridgehead atoms. The van der Waals surface area contributed by atoms with E-state index in [4.69, 9.17) is 16.3 Å². The number of benzene rings is 1. The van der Waals surface area contributed by atoms with Crippen molar-refractivity contribution in [1.29, 1.82) is 0 Å². The molecule has 1 aromatic heterocycles. The van der Waals surface area contributed by atoms with Crippen LogP contribution in [0.1, 0.15) is 15.2 Å². The molecule has 0 saturated heterocycles. The summed E-state index contributed by atoms with van der Waals surface area (Å²) < 4.78 is 6.17. The highest BCUT2D eigenvalue weighted by molar-refractivity contribution is 9.11. The average Bonchev–Trinajstić information content (AvgIpc) is 2.84. The predicted octanol–water partition coefficient (Wildman–Crippen LogP) is 3.73. The van der Waals surface area contributed by atoms with Crippen LogP contribution in [-0.2, 0) is 4.79 Å². The minimum absolute atomic E-state index is 0.0627. The summed E-state index contributed by atoms with van der Waals surface area (Å²) in [4.78, 5) is 24.2. The molecule has 2 aromatic rings. The minimum Gasteiger partial charge on any atom is -0.482 e. The molecule has 0 unspecified atom stereocenters. The summed E-state index contributed by atoms with van der Waals surface area (Å²) in [6, 6.07) is 6.63. The van der Waals surface area contributed by atoms with Crippen LogP contribution in [0.15, 0.2) is 28.1 Å². The van der Waals surface area contributed by atoms with Crippen LogP contribution in [0.2, 0.25) is 5.02 Å². The number of hydrogen-bond donors (Lipinski definition) is 1.